The lowest BCUT2D eigenvalue weighted by Gasteiger charge is -2.17. The standard InChI is InChI=1S/C25H27N3O3/c1-15-11-16(2)28(27-15)17(3)25(30)26-14-21-13-20-12-19(9-10-24(20)31-21)23-8-6-5-7-22(23)18(4)29/h5-12,17,21H,13-14H2,1-4H3,(H,26,30)/t17-,21-/m0/s1. The first kappa shape index (κ1) is 20.8. The third kappa shape index (κ3) is 4.24. The van der Waals surface area contributed by atoms with Crippen molar-refractivity contribution in [3.8, 4) is 16.9 Å². The van der Waals surface area contributed by atoms with Crippen molar-refractivity contribution in [3.63, 3.8) is 0 Å². The molecule has 6 heteroatoms. The van der Waals surface area contributed by atoms with Gasteiger partial charge in [0.05, 0.1) is 12.2 Å². The molecule has 3 aromatic rings. The molecule has 0 radical (unpaired) electrons. The first-order chi connectivity index (χ1) is 14.8. The summed E-state index contributed by atoms with van der Waals surface area (Å²) in [7, 11) is 0. The van der Waals surface area contributed by atoms with Gasteiger partial charge in [-0.05, 0) is 62.6 Å². The molecule has 0 bridgehead atoms. The summed E-state index contributed by atoms with van der Waals surface area (Å²) >= 11 is 0. The van der Waals surface area contributed by atoms with E-state index >= 15 is 0 Å². The van der Waals surface area contributed by atoms with Crippen LogP contribution in [0.25, 0.3) is 11.1 Å². The van der Waals surface area contributed by atoms with Crippen LogP contribution in [0.2, 0.25) is 0 Å². The van der Waals surface area contributed by atoms with Gasteiger partial charge in [-0.3, -0.25) is 14.3 Å². The minimum absolute atomic E-state index is 0.0460. The van der Waals surface area contributed by atoms with Crippen LogP contribution in [0.3, 0.4) is 0 Å². The Bertz CT molecular complexity index is 1150. The Morgan fingerprint density at radius 3 is 2.68 bits per heavy atom. The number of Topliss-reactive ketones (excluding diaryl/α,β-unsaturated/α-hetero) is 1. The quantitative estimate of drug-likeness (QED) is 0.614. The molecule has 1 aliphatic rings. The number of carbonyl (C=O) groups is 2. The topological polar surface area (TPSA) is 73.2 Å². The van der Waals surface area contributed by atoms with Crippen molar-refractivity contribution in [1.29, 1.82) is 0 Å². The second-order valence-corrected chi connectivity index (χ2v) is 8.16. The molecule has 0 fully saturated rings. The molecule has 0 saturated carbocycles. The summed E-state index contributed by atoms with van der Waals surface area (Å²) in [6.45, 7) is 7.72. The van der Waals surface area contributed by atoms with Gasteiger partial charge in [-0.15, -0.1) is 0 Å². The van der Waals surface area contributed by atoms with Crippen molar-refractivity contribution in [2.24, 2.45) is 0 Å². The second kappa shape index (κ2) is 8.38. The molecule has 1 amide bonds. The zero-order chi connectivity index (χ0) is 22.1. The molecule has 0 unspecified atom stereocenters. The summed E-state index contributed by atoms with van der Waals surface area (Å²) in [5, 5.41) is 7.40. The summed E-state index contributed by atoms with van der Waals surface area (Å²) in [5.41, 5.74) is 5.58. The van der Waals surface area contributed by atoms with Crippen molar-refractivity contribution in [1.82, 2.24) is 15.1 Å². The summed E-state index contributed by atoms with van der Waals surface area (Å²) in [5.74, 6) is 0.793. The Balaban J connectivity index is 1.42. The van der Waals surface area contributed by atoms with Crippen LogP contribution in [-0.2, 0) is 11.2 Å². The van der Waals surface area contributed by atoms with E-state index in [9.17, 15) is 9.59 Å². The van der Waals surface area contributed by atoms with E-state index in [1.54, 1.807) is 11.6 Å². The van der Waals surface area contributed by atoms with Crippen LogP contribution in [-0.4, -0.2) is 34.1 Å². The van der Waals surface area contributed by atoms with E-state index in [1.807, 2.05) is 63.2 Å². The number of hydrogen-bond donors (Lipinski definition) is 1. The van der Waals surface area contributed by atoms with E-state index in [2.05, 4.69) is 16.5 Å². The number of hydrogen-bond acceptors (Lipinski definition) is 4. The Kier molecular flexibility index (Phi) is 5.63. The molecule has 4 rings (SSSR count). The van der Waals surface area contributed by atoms with Crippen LogP contribution in [0, 0.1) is 13.8 Å². The normalized spacial score (nSPS) is 15.8. The molecule has 0 saturated heterocycles. The smallest absolute Gasteiger partial charge is 0.244 e. The minimum Gasteiger partial charge on any atom is -0.488 e. The Morgan fingerprint density at radius 2 is 1.97 bits per heavy atom. The summed E-state index contributed by atoms with van der Waals surface area (Å²) in [6, 6.07) is 15.2. The largest absolute Gasteiger partial charge is 0.488 e. The van der Waals surface area contributed by atoms with Crippen LogP contribution in [0.4, 0.5) is 0 Å². The minimum atomic E-state index is -0.382. The fourth-order valence-electron chi connectivity index (χ4n) is 4.16. The number of aryl methyl sites for hydroxylation is 2. The molecule has 31 heavy (non-hydrogen) atoms. The van der Waals surface area contributed by atoms with Gasteiger partial charge in [-0.2, -0.15) is 5.10 Å². The Morgan fingerprint density at radius 1 is 1.19 bits per heavy atom. The summed E-state index contributed by atoms with van der Waals surface area (Å²) in [4.78, 5) is 24.6. The maximum Gasteiger partial charge on any atom is 0.244 e. The molecular formula is C25H27N3O3. The summed E-state index contributed by atoms with van der Waals surface area (Å²) < 4.78 is 7.78. The number of benzene rings is 2. The van der Waals surface area contributed by atoms with Crippen molar-refractivity contribution in [2.75, 3.05) is 6.54 Å². The second-order valence-electron chi connectivity index (χ2n) is 8.16. The van der Waals surface area contributed by atoms with Gasteiger partial charge in [0.1, 0.15) is 17.9 Å². The predicted molar refractivity (Wildman–Crippen MR) is 119 cm³/mol. The van der Waals surface area contributed by atoms with Gasteiger partial charge in [0.25, 0.3) is 0 Å². The molecule has 6 nitrogen and oxygen atoms in total. The first-order valence-electron chi connectivity index (χ1n) is 10.5. The maximum absolute atomic E-state index is 12.6. The van der Waals surface area contributed by atoms with Gasteiger partial charge in [0.2, 0.25) is 5.91 Å². The van der Waals surface area contributed by atoms with Gasteiger partial charge in [-0.1, -0.05) is 30.3 Å². The van der Waals surface area contributed by atoms with Crippen LogP contribution in [0.5, 0.6) is 5.75 Å². The number of rotatable bonds is 6. The number of amides is 1. The summed E-state index contributed by atoms with van der Waals surface area (Å²) in [6.07, 6.45) is 0.588. The number of aromatic nitrogens is 2. The van der Waals surface area contributed by atoms with Crippen LogP contribution >= 0.6 is 0 Å². The van der Waals surface area contributed by atoms with E-state index in [0.29, 0.717) is 18.5 Å². The fraction of sp³-hybridized carbons (Fsp3) is 0.320. The third-order valence-electron chi connectivity index (χ3n) is 5.71. The lowest BCUT2D eigenvalue weighted by molar-refractivity contribution is -0.124. The van der Waals surface area contributed by atoms with Gasteiger partial charge in [0.15, 0.2) is 5.78 Å². The van der Waals surface area contributed by atoms with Gasteiger partial charge in [0, 0.05) is 17.7 Å². The first-order valence-corrected chi connectivity index (χ1v) is 10.5. The van der Waals surface area contributed by atoms with E-state index in [-0.39, 0.29) is 23.8 Å². The number of nitrogens with zero attached hydrogens (tertiary/aromatic N) is 2. The van der Waals surface area contributed by atoms with E-state index in [4.69, 9.17) is 4.74 Å². The van der Waals surface area contributed by atoms with Crippen LogP contribution in [0.1, 0.15) is 47.2 Å². The predicted octanol–water partition coefficient (Wildman–Crippen LogP) is 4.05. The molecule has 0 aliphatic carbocycles. The highest BCUT2D eigenvalue weighted by molar-refractivity contribution is 6.00. The molecular weight excluding hydrogens is 390 g/mol. The lowest BCUT2D eigenvalue weighted by atomic mass is 9.95. The highest BCUT2D eigenvalue weighted by Gasteiger charge is 2.25. The average molecular weight is 418 g/mol. The molecule has 2 atom stereocenters. The maximum atomic E-state index is 12.6. The van der Waals surface area contributed by atoms with Crippen molar-refractivity contribution in [3.05, 3.63) is 71.0 Å². The molecule has 0 spiro atoms. The monoisotopic (exact) mass is 417 g/mol. The lowest BCUT2D eigenvalue weighted by Crippen LogP contribution is -2.38. The highest BCUT2D eigenvalue weighted by Crippen LogP contribution is 2.34. The van der Waals surface area contributed by atoms with E-state index < -0.39 is 0 Å². The average Bonchev–Trinajstić information content (AvgIpc) is 3.32. The van der Waals surface area contributed by atoms with Crippen molar-refractivity contribution < 1.29 is 14.3 Å². The Hall–Kier alpha value is -3.41. The van der Waals surface area contributed by atoms with Gasteiger partial charge >= 0.3 is 0 Å². The molecule has 2 aromatic carbocycles. The molecule has 1 aromatic heterocycles. The van der Waals surface area contributed by atoms with Crippen LogP contribution < -0.4 is 10.1 Å². The molecule has 2 heterocycles. The number of carbonyl (C=O) groups excluding carboxylic acids is 2. The van der Waals surface area contributed by atoms with Crippen molar-refractivity contribution in [2.45, 2.75) is 46.3 Å². The van der Waals surface area contributed by atoms with Gasteiger partial charge in [-0.25, -0.2) is 0 Å². The van der Waals surface area contributed by atoms with Crippen molar-refractivity contribution >= 4 is 11.7 Å². The SMILES string of the molecule is CC(=O)c1ccccc1-c1ccc2c(c1)C[C@@H](CNC(=O)[C@H](C)n1nc(C)cc1C)O2. The number of fused-ring (bicyclic) bond motifs is 1. The van der Waals surface area contributed by atoms with E-state index in [1.165, 1.54) is 0 Å². The fourth-order valence-corrected chi connectivity index (χ4v) is 4.16. The number of ether oxygens (including phenoxy) is 1. The zero-order valence-corrected chi connectivity index (χ0v) is 18.3. The number of nitrogens with one attached hydrogen (secondary N) is 1. The van der Waals surface area contributed by atoms with E-state index in [0.717, 1.165) is 33.8 Å². The molecule has 1 N–H and O–H groups in total. The zero-order valence-electron chi connectivity index (χ0n) is 18.3. The van der Waals surface area contributed by atoms with Gasteiger partial charge < -0.3 is 10.1 Å². The number of ketones is 1. The van der Waals surface area contributed by atoms with Crippen LogP contribution in [0.15, 0.2) is 48.5 Å². The highest BCUT2D eigenvalue weighted by atomic mass is 16.5. The Labute approximate surface area is 182 Å². The molecule has 160 valence electrons. The molecule has 1 aliphatic heterocycles. The third-order valence-corrected chi connectivity index (χ3v) is 5.71.